The molecule has 0 heterocycles. The molecule has 1 N–H and O–H groups in total. The van der Waals surface area contributed by atoms with Crippen LogP contribution in [0.1, 0.15) is 25.0 Å². The maximum atomic E-state index is 13.5. The van der Waals surface area contributed by atoms with Crippen LogP contribution in [0.3, 0.4) is 0 Å². The SMILES string of the molecule is CCOCC(C)NCc1c(F)cc(C#N)cc1F. The summed E-state index contributed by atoms with van der Waals surface area (Å²) in [6.45, 7) is 4.90. The molecule has 18 heavy (non-hydrogen) atoms. The van der Waals surface area contributed by atoms with Crippen LogP contribution in [0.5, 0.6) is 0 Å². The van der Waals surface area contributed by atoms with Crippen molar-refractivity contribution < 1.29 is 13.5 Å². The topological polar surface area (TPSA) is 45.0 Å². The molecule has 0 aliphatic carbocycles. The molecule has 0 saturated carbocycles. The van der Waals surface area contributed by atoms with Crippen LogP contribution in [0.25, 0.3) is 0 Å². The van der Waals surface area contributed by atoms with E-state index in [1.54, 1.807) is 6.07 Å². The van der Waals surface area contributed by atoms with Crippen LogP contribution in [-0.4, -0.2) is 19.3 Å². The van der Waals surface area contributed by atoms with E-state index in [2.05, 4.69) is 5.32 Å². The molecule has 0 amide bonds. The second-order valence-electron chi connectivity index (χ2n) is 3.97. The molecule has 0 spiro atoms. The van der Waals surface area contributed by atoms with Gasteiger partial charge < -0.3 is 10.1 Å². The Morgan fingerprint density at radius 3 is 2.50 bits per heavy atom. The van der Waals surface area contributed by atoms with Gasteiger partial charge in [-0.15, -0.1) is 0 Å². The molecule has 98 valence electrons. The van der Waals surface area contributed by atoms with Gasteiger partial charge in [0.2, 0.25) is 0 Å². The molecule has 0 fully saturated rings. The van der Waals surface area contributed by atoms with Crippen LogP contribution in [0.4, 0.5) is 8.78 Å². The van der Waals surface area contributed by atoms with Gasteiger partial charge in [-0.1, -0.05) is 0 Å². The third kappa shape index (κ3) is 4.06. The number of halogens is 2. The minimum Gasteiger partial charge on any atom is -0.380 e. The summed E-state index contributed by atoms with van der Waals surface area (Å²) in [7, 11) is 0. The van der Waals surface area contributed by atoms with Gasteiger partial charge in [-0.3, -0.25) is 0 Å². The standard InChI is InChI=1S/C13H16F2N2O/c1-3-18-8-9(2)17-7-11-12(14)4-10(6-16)5-13(11)15/h4-5,9,17H,3,7-8H2,1-2H3. The highest BCUT2D eigenvalue weighted by molar-refractivity contribution is 5.34. The zero-order valence-electron chi connectivity index (χ0n) is 10.5. The van der Waals surface area contributed by atoms with E-state index in [-0.39, 0.29) is 23.7 Å². The maximum Gasteiger partial charge on any atom is 0.131 e. The van der Waals surface area contributed by atoms with Crippen LogP contribution in [0.15, 0.2) is 12.1 Å². The van der Waals surface area contributed by atoms with Gasteiger partial charge >= 0.3 is 0 Å². The second-order valence-corrected chi connectivity index (χ2v) is 3.97. The van der Waals surface area contributed by atoms with E-state index < -0.39 is 11.6 Å². The lowest BCUT2D eigenvalue weighted by Gasteiger charge is -2.14. The first-order chi connectivity index (χ1) is 8.58. The molecule has 1 atom stereocenters. The van der Waals surface area contributed by atoms with Gasteiger partial charge in [0.25, 0.3) is 0 Å². The molecule has 0 aliphatic rings. The molecule has 1 rings (SSSR count). The number of hydrogen-bond acceptors (Lipinski definition) is 3. The van der Waals surface area contributed by atoms with E-state index in [1.165, 1.54) is 0 Å². The summed E-state index contributed by atoms with van der Waals surface area (Å²) < 4.78 is 32.3. The number of rotatable bonds is 6. The largest absolute Gasteiger partial charge is 0.380 e. The highest BCUT2D eigenvalue weighted by atomic mass is 19.1. The number of nitriles is 1. The lowest BCUT2D eigenvalue weighted by Crippen LogP contribution is -2.30. The average Bonchev–Trinajstić information content (AvgIpc) is 2.34. The first-order valence-corrected chi connectivity index (χ1v) is 5.77. The molecule has 1 unspecified atom stereocenters. The smallest absolute Gasteiger partial charge is 0.131 e. The molecular weight excluding hydrogens is 238 g/mol. The molecule has 0 saturated heterocycles. The van der Waals surface area contributed by atoms with Crippen molar-refractivity contribution in [3.63, 3.8) is 0 Å². The summed E-state index contributed by atoms with van der Waals surface area (Å²) in [6, 6.07) is 3.78. The maximum absolute atomic E-state index is 13.5. The van der Waals surface area contributed by atoms with Crippen molar-refractivity contribution >= 4 is 0 Å². The van der Waals surface area contributed by atoms with E-state index in [4.69, 9.17) is 10.00 Å². The summed E-state index contributed by atoms with van der Waals surface area (Å²) in [5.41, 5.74) is -0.0755. The van der Waals surface area contributed by atoms with Crippen molar-refractivity contribution in [2.75, 3.05) is 13.2 Å². The van der Waals surface area contributed by atoms with Gasteiger partial charge in [0.1, 0.15) is 11.6 Å². The van der Waals surface area contributed by atoms with Gasteiger partial charge in [0, 0.05) is 24.8 Å². The zero-order valence-corrected chi connectivity index (χ0v) is 10.5. The van der Waals surface area contributed by atoms with Gasteiger partial charge in [0.05, 0.1) is 18.2 Å². The number of ether oxygens (including phenoxy) is 1. The van der Waals surface area contributed by atoms with Crippen molar-refractivity contribution in [1.82, 2.24) is 5.32 Å². The molecule has 1 aromatic rings. The first kappa shape index (κ1) is 14.6. The normalized spacial score (nSPS) is 12.2. The highest BCUT2D eigenvalue weighted by Crippen LogP contribution is 2.15. The summed E-state index contributed by atoms with van der Waals surface area (Å²) in [4.78, 5) is 0. The van der Waals surface area contributed by atoms with Crippen LogP contribution < -0.4 is 5.32 Å². The van der Waals surface area contributed by atoms with Gasteiger partial charge in [-0.25, -0.2) is 8.78 Å². The van der Waals surface area contributed by atoms with Crippen molar-refractivity contribution in [3.8, 4) is 6.07 Å². The Kier molecular flexibility index (Phi) is 5.69. The van der Waals surface area contributed by atoms with E-state index in [0.29, 0.717) is 13.2 Å². The van der Waals surface area contributed by atoms with Gasteiger partial charge in [-0.05, 0) is 26.0 Å². The van der Waals surface area contributed by atoms with Gasteiger partial charge in [-0.2, -0.15) is 5.26 Å². The molecule has 0 aliphatic heterocycles. The Morgan fingerprint density at radius 1 is 1.39 bits per heavy atom. The fourth-order valence-electron chi connectivity index (χ4n) is 1.47. The minimum absolute atomic E-state index is 0.000562. The van der Waals surface area contributed by atoms with Crippen molar-refractivity contribution in [3.05, 3.63) is 34.9 Å². The first-order valence-electron chi connectivity index (χ1n) is 5.77. The molecular formula is C13H16F2N2O. The number of nitrogens with zero attached hydrogens (tertiary/aromatic N) is 1. The Morgan fingerprint density at radius 2 is 2.00 bits per heavy atom. The van der Waals surface area contributed by atoms with Crippen LogP contribution >= 0.6 is 0 Å². The predicted molar refractivity (Wildman–Crippen MR) is 63.9 cm³/mol. The molecule has 5 heteroatoms. The average molecular weight is 254 g/mol. The van der Waals surface area contributed by atoms with E-state index in [0.717, 1.165) is 12.1 Å². The van der Waals surface area contributed by atoms with Crippen molar-refractivity contribution in [2.24, 2.45) is 0 Å². The third-order valence-electron chi connectivity index (χ3n) is 2.47. The third-order valence-corrected chi connectivity index (χ3v) is 2.47. The Balaban J connectivity index is 2.65. The Labute approximate surface area is 105 Å². The van der Waals surface area contributed by atoms with E-state index in [1.807, 2.05) is 13.8 Å². The summed E-state index contributed by atoms with van der Waals surface area (Å²) in [6.07, 6.45) is 0. The second kappa shape index (κ2) is 7.04. The summed E-state index contributed by atoms with van der Waals surface area (Å²) >= 11 is 0. The fourth-order valence-corrected chi connectivity index (χ4v) is 1.47. The predicted octanol–water partition coefficient (Wildman–Crippen LogP) is 2.35. The monoisotopic (exact) mass is 254 g/mol. The number of benzene rings is 1. The van der Waals surface area contributed by atoms with E-state index >= 15 is 0 Å². The lowest BCUT2D eigenvalue weighted by atomic mass is 10.1. The van der Waals surface area contributed by atoms with Crippen molar-refractivity contribution in [1.29, 1.82) is 5.26 Å². The minimum atomic E-state index is -0.706. The number of hydrogen-bond donors (Lipinski definition) is 1. The van der Waals surface area contributed by atoms with Crippen molar-refractivity contribution in [2.45, 2.75) is 26.4 Å². The molecule has 0 radical (unpaired) electrons. The summed E-state index contributed by atoms with van der Waals surface area (Å²) in [5, 5.41) is 11.5. The fraction of sp³-hybridized carbons (Fsp3) is 0.462. The molecule has 0 aromatic heterocycles. The summed E-state index contributed by atoms with van der Waals surface area (Å²) in [5.74, 6) is -1.41. The molecule has 3 nitrogen and oxygen atoms in total. The zero-order chi connectivity index (χ0) is 13.5. The van der Waals surface area contributed by atoms with Crippen LogP contribution in [-0.2, 0) is 11.3 Å². The molecule has 1 aromatic carbocycles. The highest BCUT2D eigenvalue weighted by Gasteiger charge is 2.12. The van der Waals surface area contributed by atoms with Gasteiger partial charge in [0.15, 0.2) is 0 Å². The Hall–Kier alpha value is -1.51. The van der Waals surface area contributed by atoms with E-state index in [9.17, 15) is 8.78 Å². The number of nitrogens with one attached hydrogen (secondary N) is 1. The lowest BCUT2D eigenvalue weighted by molar-refractivity contribution is 0.126. The van der Waals surface area contributed by atoms with Crippen LogP contribution in [0.2, 0.25) is 0 Å². The Bertz CT molecular complexity index is 420. The molecule has 0 bridgehead atoms. The van der Waals surface area contributed by atoms with Crippen LogP contribution in [0, 0.1) is 23.0 Å². The quantitative estimate of drug-likeness (QED) is 0.847.